The fourth-order valence-corrected chi connectivity index (χ4v) is 2.83. The van der Waals surface area contributed by atoms with Gasteiger partial charge in [-0.25, -0.2) is 0 Å². The molecule has 2 aromatic carbocycles. The van der Waals surface area contributed by atoms with Gasteiger partial charge in [0.05, 0.1) is 0 Å². The molecule has 0 saturated carbocycles. The maximum absolute atomic E-state index is 12.4. The van der Waals surface area contributed by atoms with E-state index in [9.17, 15) is 13.6 Å². The molecule has 6 nitrogen and oxygen atoms in total. The number of hydrogen-bond donors (Lipinski definition) is 2. The van der Waals surface area contributed by atoms with E-state index in [4.69, 9.17) is 4.52 Å². The van der Waals surface area contributed by atoms with Crippen molar-refractivity contribution in [1.82, 2.24) is 5.16 Å². The summed E-state index contributed by atoms with van der Waals surface area (Å²) in [6.45, 7) is -0.992. The first-order valence-electron chi connectivity index (χ1n) is 8.67. The molecule has 3 rings (SSSR count). The van der Waals surface area contributed by atoms with Gasteiger partial charge < -0.3 is 19.9 Å². The summed E-state index contributed by atoms with van der Waals surface area (Å²) in [6.07, 6.45) is 0. The van der Waals surface area contributed by atoms with Crippen molar-refractivity contribution < 1.29 is 28.2 Å². The van der Waals surface area contributed by atoms with Gasteiger partial charge in [-0.05, 0) is 31.2 Å². The third-order valence-electron chi connectivity index (χ3n) is 4.06. The first kappa shape index (κ1) is 19.5. The lowest BCUT2D eigenvalue weighted by molar-refractivity contribution is -0.676. The first-order chi connectivity index (χ1) is 13.5. The third-order valence-corrected chi connectivity index (χ3v) is 4.06. The second-order valence-electron chi connectivity index (χ2n) is 6.15. The van der Waals surface area contributed by atoms with Crippen molar-refractivity contribution in [3.05, 3.63) is 77.6 Å². The van der Waals surface area contributed by atoms with Crippen molar-refractivity contribution in [3.63, 3.8) is 0 Å². The number of halogens is 2. The minimum atomic E-state index is -2.87. The molecule has 1 atom stereocenters. The molecule has 0 unspecified atom stereocenters. The number of nitrogens with zero attached hydrogens (tertiary/aromatic N) is 1. The smallest absolute Gasteiger partial charge is 0.387 e. The number of aryl methyl sites for hydroxylation is 1. The van der Waals surface area contributed by atoms with Crippen LogP contribution in [-0.4, -0.2) is 24.2 Å². The lowest BCUT2D eigenvalue weighted by Gasteiger charge is -2.17. The maximum atomic E-state index is 12.4. The monoisotopic (exact) mass is 388 g/mol. The number of nitrogens with one attached hydrogen (secondary N) is 1. The fraction of sp³-hybridized carbons (Fsp3) is 0.200. The largest absolute Gasteiger partial charge is 0.435 e. The van der Waals surface area contributed by atoms with Crippen molar-refractivity contribution in [2.24, 2.45) is 0 Å². The lowest BCUT2D eigenvalue weighted by atomic mass is 9.98. The van der Waals surface area contributed by atoms with Gasteiger partial charge in [0.1, 0.15) is 17.6 Å². The third kappa shape index (κ3) is 5.37. The van der Waals surface area contributed by atoms with Crippen molar-refractivity contribution >= 4 is 11.7 Å². The first-order valence-corrected chi connectivity index (χ1v) is 8.67. The Bertz CT molecular complexity index is 899. The molecule has 3 aromatic rings. The Hall–Kier alpha value is -3.26. The summed E-state index contributed by atoms with van der Waals surface area (Å²) in [5, 5.41) is 8.27. The van der Waals surface area contributed by atoms with Crippen LogP contribution in [0.3, 0.4) is 0 Å². The summed E-state index contributed by atoms with van der Waals surface area (Å²) in [5.41, 5.74) is 1.84. The maximum Gasteiger partial charge on any atom is 0.387 e. The van der Waals surface area contributed by atoms with Crippen LogP contribution in [0.1, 0.15) is 22.9 Å². The number of aromatic nitrogens is 1. The van der Waals surface area contributed by atoms with E-state index in [1.54, 1.807) is 25.1 Å². The highest BCUT2D eigenvalue weighted by atomic mass is 19.3. The Balaban J connectivity index is 1.71. The van der Waals surface area contributed by atoms with Gasteiger partial charge in [-0.2, -0.15) is 8.78 Å². The average molecular weight is 388 g/mol. The number of benzene rings is 2. The molecule has 0 radical (unpaired) electrons. The molecule has 3 N–H and O–H groups in total. The summed E-state index contributed by atoms with van der Waals surface area (Å²) in [4.78, 5) is 12.2. The number of carbonyl (C=O) groups is 1. The molecular formula is C20H20F2N3O3+. The molecule has 1 amide bonds. The number of nitrogens with two attached hydrogens (primary N) is 1. The second-order valence-corrected chi connectivity index (χ2v) is 6.15. The summed E-state index contributed by atoms with van der Waals surface area (Å²) in [5.74, 6) is 0.824. The van der Waals surface area contributed by atoms with Gasteiger partial charge in [-0.3, -0.25) is 4.79 Å². The number of quaternary nitrogens is 1. The topological polar surface area (TPSA) is 81.0 Å². The SMILES string of the molecule is Cc1cc(NC(=O)C[NH2+][C@@H](c2ccccc2)c2ccc(OC(F)F)cc2)no1. The zero-order valence-electron chi connectivity index (χ0n) is 15.1. The van der Waals surface area contributed by atoms with Crippen LogP contribution in [0.2, 0.25) is 0 Å². The van der Waals surface area contributed by atoms with Gasteiger partial charge in [0, 0.05) is 17.2 Å². The standard InChI is InChI=1S/C20H19F2N3O3/c1-13-11-17(25-28-13)24-18(26)12-23-19(14-5-3-2-4-6-14)15-7-9-16(10-8-15)27-20(21)22/h2-11,19-20,23H,12H2,1H3,(H,24,25,26)/p+1/t19-/m0/s1. The number of carbonyl (C=O) groups excluding carboxylic acids is 1. The number of hydrogen-bond acceptors (Lipinski definition) is 4. The van der Waals surface area contributed by atoms with E-state index in [1.165, 1.54) is 12.1 Å². The molecule has 8 heteroatoms. The molecule has 1 aromatic heterocycles. The molecule has 28 heavy (non-hydrogen) atoms. The highest BCUT2D eigenvalue weighted by molar-refractivity contribution is 5.90. The Morgan fingerprint density at radius 1 is 1.14 bits per heavy atom. The minimum Gasteiger partial charge on any atom is -0.435 e. The van der Waals surface area contributed by atoms with Gasteiger partial charge in [0.15, 0.2) is 12.4 Å². The average Bonchev–Trinajstić information content (AvgIpc) is 3.08. The van der Waals surface area contributed by atoms with Crippen molar-refractivity contribution in [1.29, 1.82) is 0 Å². The van der Waals surface area contributed by atoms with Crippen LogP contribution in [0.15, 0.2) is 65.2 Å². The quantitative estimate of drug-likeness (QED) is 0.622. The van der Waals surface area contributed by atoms with E-state index in [-0.39, 0.29) is 24.2 Å². The Morgan fingerprint density at radius 3 is 2.43 bits per heavy atom. The number of anilines is 1. The molecule has 0 spiro atoms. The van der Waals surface area contributed by atoms with E-state index in [2.05, 4.69) is 15.2 Å². The molecule has 0 aliphatic heterocycles. The van der Waals surface area contributed by atoms with Crippen LogP contribution >= 0.6 is 0 Å². The molecule has 146 valence electrons. The van der Waals surface area contributed by atoms with Crippen LogP contribution in [-0.2, 0) is 4.79 Å². The van der Waals surface area contributed by atoms with E-state index in [0.717, 1.165) is 11.1 Å². The molecule has 0 saturated heterocycles. The van der Waals surface area contributed by atoms with Crippen LogP contribution in [0, 0.1) is 6.92 Å². The highest BCUT2D eigenvalue weighted by Crippen LogP contribution is 2.22. The lowest BCUT2D eigenvalue weighted by Crippen LogP contribution is -2.87. The molecule has 0 aliphatic carbocycles. The van der Waals surface area contributed by atoms with E-state index < -0.39 is 6.61 Å². The van der Waals surface area contributed by atoms with Crippen LogP contribution < -0.4 is 15.4 Å². The Morgan fingerprint density at radius 2 is 1.82 bits per heavy atom. The van der Waals surface area contributed by atoms with Gasteiger partial charge >= 0.3 is 6.61 Å². The van der Waals surface area contributed by atoms with E-state index in [1.807, 2.05) is 35.6 Å². The van der Waals surface area contributed by atoms with E-state index >= 15 is 0 Å². The zero-order chi connectivity index (χ0) is 19.9. The van der Waals surface area contributed by atoms with Gasteiger partial charge in [-0.1, -0.05) is 35.5 Å². The van der Waals surface area contributed by atoms with Crippen molar-refractivity contribution in [3.8, 4) is 5.75 Å². The van der Waals surface area contributed by atoms with E-state index in [0.29, 0.717) is 11.6 Å². The fourth-order valence-electron chi connectivity index (χ4n) is 2.83. The summed E-state index contributed by atoms with van der Waals surface area (Å²) >= 11 is 0. The van der Waals surface area contributed by atoms with Crippen LogP contribution in [0.5, 0.6) is 5.75 Å². The Kier molecular flexibility index (Phi) is 6.33. The highest BCUT2D eigenvalue weighted by Gasteiger charge is 2.20. The number of ether oxygens (including phenoxy) is 1. The normalized spacial score (nSPS) is 12.0. The molecule has 0 fully saturated rings. The van der Waals surface area contributed by atoms with Crippen molar-refractivity contribution in [2.75, 3.05) is 11.9 Å². The predicted molar refractivity (Wildman–Crippen MR) is 98.0 cm³/mol. The second kappa shape index (κ2) is 9.09. The molecular weight excluding hydrogens is 368 g/mol. The summed E-state index contributed by atoms with van der Waals surface area (Å²) in [7, 11) is 0. The summed E-state index contributed by atoms with van der Waals surface area (Å²) in [6, 6.07) is 17.5. The predicted octanol–water partition coefficient (Wildman–Crippen LogP) is 2.88. The number of amides is 1. The van der Waals surface area contributed by atoms with Crippen LogP contribution in [0.25, 0.3) is 0 Å². The molecule has 1 heterocycles. The van der Waals surface area contributed by atoms with Gasteiger partial charge in [0.2, 0.25) is 0 Å². The van der Waals surface area contributed by atoms with Gasteiger partial charge in [-0.15, -0.1) is 0 Å². The molecule has 0 aliphatic rings. The minimum absolute atomic E-state index is 0.0877. The van der Waals surface area contributed by atoms with Gasteiger partial charge in [0.25, 0.3) is 5.91 Å². The zero-order valence-corrected chi connectivity index (χ0v) is 15.1. The number of rotatable bonds is 8. The Labute approximate surface area is 160 Å². The van der Waals surface area contributed by atoms with Crippen LogP contribution in [0.4, 0.5) is 14.6 Å². The van der Waals surface area contributed by atoms with Crippen molar-refractivity contribution in [2.45, 2.75) is 19.6 Å². The number of alkyl halides is 2. The summed E-state index contributed by atoms with van der Waals surface area (Å²) < 4.78 is 34.0. The molecule has 0 bridgehead atoms.